The maximum atomic E-state index is 12.4. The lowest BCUT2D eigenvalue weighted by Gasteiger charge is -2.10. The lowest BCUT2D eigenvalue weighted by atomic mass is 10.2. The molecule has 3 rings (SSSR count). The van der Waals surface area contributed by atoms with Crippen LogP contribution in [-0.2, 0) is 13.6 Å². The van der Waals surface area contributed by atoms with Gasteiger partial charge in [0.15, 0.2) is 5.75 Å². The monoisotopic (exact) mass is 319 g/mol. The Bertz CT molecular complexity index is 951. The number of carboxylic acid groups (broad SMARTS) is 1. The van der Waals surface area contributed by atoms with Crippen LogP contribution < -0.4 is 5.56 Å². The number of thiophene rings is 1. The van der Waals surface area contributed by atoms with Crippen molar-refractivity contribution < 1.29 is 15.0 Å². The number of nitrogens with zero attached hydrogens (tertiary/aromatic N) is 3. The Hall–Kier alpha value is -2.61. The van der Waals surface area contributed by atoms with Gasteiger partial charge in [0, 0.05) is 18.3 Å². The van der Waals surface area contributed by atoms with Crippen molar-refractivity contribution in [1.29, 1.82) is 0 Å². The van der Waals surface area contributed by atoms with E-state index in [9.17, 15) is 19.8 Å². The Kier molecular flexibility index (Phi) is 3.25. The fourth-order valence-corrected chi connectivity index (χ4v) is 3.31. The third kappa shape index (κ3) is 2.00. The number of carbonyl (C=O) groups is 1. The first kappa shape index (κ1) is 14.3. The summed E-state index contributed by atoms with van der Waals surface area (Å²) in [5.41, 5.74) is 1.17. The molecule has 0 bridgehead atoms. The van der Waals surface area contributed by atoms with E-state index in [0.717, 1.165) is 11.3 Å². The Labute approximate surface area is 128 Å². The first-order valence-electron chi connectivity index (χ1n) is 6.45. The van der Waals surface area contributed by atoms with Gasteiger partial charge >= 0.3 is 5.97 Å². The molecule has 0 aliphatic carbocycles. The van der Waals surface area contributed by atoms with E-state index in [-0.39, 0.29) is 12.1 Å². The van der Waals surface area contributed by atoms with Crippen LogP contribution in [0.25, 0.3) is 10.2 Å². The van der Waals surface area contributed by atoms with E-state index in [1.807, 2.05) is 6.92 Å². The molecular formula is C14H13N3O4S. The molecule has 22 heavy (non-hydrogen) atoms. The number of hydrogen-bond acceptors (Lipinski definition) is 5. The van der Waals surface area contributed by atoms with Crippen molar-refractivity contribution in [2.75, 3.05) is 0 Å². The molecule has 0 aliphatic rings. The maximum absolute atomic E-state index is 12.4. The van der Waals surface area contributed by atoms with Gasteiger partial charge in [0.1, 0.15) is 5.56 Å². The molecule has 7 nitrogen and oxygen atoms in total. The highest BCUT2D eigenvalue weighted by atomic mass is 32.1. The van der Waals surface area contributed by atoms with E-state index < -0.39 is 17.3 Å². The second kappa shape index (κ2) is 4.99. The van der Waals surface area contributed by atoms with Crippen molar-refractivity contribution in [3.63, 3.8) is 0 Å². The minimum atomic E-state index is -1.31. The van der Waals surface area contributed by atoms with Crippen LogP contribution in [0.1, 0.15) is 21.6 Å². The van der Waals surface area contributed by atoms with Crippen LogP contribution >= 0.6 is 11.3 Å². The van der Waals surface area contributed by atoms with Crippen molar-refractivity contribution in [2.24, 2.45) is 7.05 Å². The number of carboxylic acids is 1. The van der Waals surface area contributed by atoms with Crippen molar-refractivity contribution in [3.8, 4) is 5.75 Å². The van der Waals surface area contributed by atoms with Crippen LogP contribution in [0.5, 0.6) is 5.75 Å². The predicted molar refractivity (Wildman–Crippen MR) is 81.8 cm³/mol. The third-order valence-corrected chi connectivity index (χ3v) is 4.65. The van der Waals surface area contributed by atoms with Crippen LogP contribution in [0, 0.1) is 6.92 Å². The molecule has 0 fully saturated rings. The van der Waals surface area contributed by atoms with E-state index >= 15 is 0 Å². The SMILES string of the molecule is Cc1c(Cn2c(=O)c(O)c(C(=O)O)c3sccc32)cnn1C. The van der Waals surface area contributed by atoms with Crippen LogP contribution in [0.3, 0.4) is 0 Å². The van der Waals surface area contributed by atoms with Crippen molar-refractivity contribution in [3.05, 3.63) is 44.8 Å². The standard InChI is InChI=1S/C14H13N3O4S/c1-7-8(5-15-16(7)2)6-17-9-3-4-22-12(9)10(14(20)21)11(18)13(17)19/h3-5,18H,6H2,1-2H3,(H,20,21). The van der Waals surface area contributed by atoms with Gasteiger partial charge in [-0.3, -0.25) is 14.0 Å². The highest BCUT2D eigenvalue weighted by Gasteiger charge is 2.22. The molecule has 3 aromatic heterocycles. The molecule has 114 valence electrons. The molecule has 0 atom stereocenters. The predicted octanol–water partition coefficient (Wildman–Crippen LogP) is 1.56. The van der Waals surface area contributed by atoms with Gasteiger partial charge in [0.05, 0.1) is 23.0 Å². The smallest absolute Gasteiger partial charge is 0.341 e. The molecule has 8 heteroatoms. The first-order chi connectivity index (χ1) is 10.4. The Morgan fingerprint density at radius 3 is 2.77 bits per heavy atom. The van der Waals surface area contributed by atoms with Gasteiger partial charge in [0.25, 0.3) is 5.56 Å². The number of aromatic nitrogens is 3. The zero-order valence-electron chi connectivity index (χ0n) is 11.9. The van der Waals surface area contributed by atoms with Crippen LogP contribution in [0.4, 0.5) is 0 Å². The molecule has 0 aliphatic heterocycles. The quantitative estimate of drug-likeness (QED) is 0.763. The zero-order chi connectivity index (χ0) is 16.0. The van der Waals surface area contributed by atoms with E-state index in [4.69, 9.17) is 0 Å². The number of pyridine rings is 1. The van der Waals surface area contributed by atoms with Gasteiger partial charge in [-0.25, -0.2) is 4.79 Å². The molecular weight excluding hydrogens is 306 g/mol. The molecule has 0 spiro atoms. The Morgan fingerprint density at radius 2 is 2.18 bits per heavy atom. The average molecular weight is 319 g/mol. The lowest BCUT2D eigenvalue weighted by Crippen LogP contribution is -2.23. The van der Waals surface area contributed by atoms with Gasteiger partial charge in [-0.2, -0.15) is 5.10 Å². The number of fused-ring (bicyclic) bond motifs is 1. The lowest BCUT2D eigenvalue weighted by molar-refractivity contribution is 0.0695. The molecule has 3 aromatic rings. The minimum Gasteiger partial charge on any atom is -0.502 e. The van der Waals surface area contributed by atoms with Gasteiger partial charge in [-0.05, 0) is 18.4 Å². The zero-order valence-corrected chi connectivity index (χ0v) is 12.7. The van der Waals surface area contributed by atoms with E-state index in [2.05, 4.69) is 5.10 Å². The molecule has 0 saturated carbocycles. The fourth-order valence-electron chi connectivity index (χ4n) is 2.38. The summed E-state index contributed by atoms with van der Waals surface area (Å²) in [6, 6.07) is 1.68. The summed E-state index contributed by atoms with van der Waals surface area (Å²) in [5.74, 6) is -2.05. The summed E-state index contributed by atoms with van der Waals surface area (Å²) in [6.07, 6.45) is 1.65. The first-order valence-corrected chi connectivity index (χ1v) is 7.33. The van der Waals surface area contributed by atoms with Crippen molar-refractivity contribution >= 4 is 27.5 Å². The maximum Gasteiger partial charge on any atom is 0.341 e. The van der Waals surface area contributed by atoms with Crippen LogP contribution in [0.2, 0.25) is 0 Å². The molecule has 0 unspecified atom stereocenters. The summed E-state index contributed by atoms with van der Waals surface area (Å²) in [5, 5.41) is 25.0. The van der Waals surface area contributed by atoms with Gasteiger partial charge in [-0.15, -0.1) is 11.3 Å². The summed E-state index contributed by atoms with van der Waals surface area (Å²) in [7, 11) is 1.80. The van der Waals surface area contributed by atoms with Gasteiger partial charge in [-0.1, -0.05) is 0 Å². The number of aromatic hydroxyl groups is 1. The largest absolute Gasteiger partial charge is 0.502 e. The number of aryl methyl sites for hydroxylation is 1. The van der Waals surface area contributed by atoms with E-state index in [1.54, 1.807) is 29.4 Å². The summed E-state index contributed by atoms with van der Waals surface area (Å²) < 4.78 is 3.44. The van der Waals surface area contributed by atoms with Crippen LogP contribution in [-0.4, -0.2) is 30.5 Å². The number of rotatable bonds is 3. The molecule has 3 heterocycles. The van der Waals surface area contributed by atoms with Crippen molar-refractivity contribution in [1.82, 2.24) is 14.3 Å². The van der Waals surface area contributed by atoms with E-state index in [0.29, 0.717) is 10.2 Å². The Morgan fingerprint density at radius 1 is 1.45 bits per heavy atom. The fraction of sp³-hybridized carbons (Fsp3) is 0.214. The normalized spacial score (nSPS) is 11.2. The third-order valence-electron chi connectivity index (χ3n) is 3.73. The average Bonchev–Trinajstić information content (AvgIpc) is 3.05. The van der Waals surface area contributed by atoms with Crippen LogP contribution in [0.15, 0.2) is 22.4 Å². The van der Waals surface area contributed by atoms with Gasteiger partial charge in [0.2, 0.25) is 0 Å². The number of aromatic carboxylic acids is 1. The summed E-state index contributed by atoms with van der Waals surface area (Å²) in [6.45, 7) is 2.10. The highest BCUT2D eigenvalue weighted by Crippen LogP contribution is 2.29. The highest BCUT2D eigenvalue weighted by molar-refractivity contribution is 7.17. The Balaban J connectivity index is 2.27. The number of hydrogen-bond donors (Lipinski definition) is 2. The van der Waals surface area contributed by atoms with E-state index in [1.165, 1.54) is 15.9 Å². The second-order valence-corrected chi connectivity index (χ2v) is 5.85. The molecule has 0 aromatic carbocycles. The van der Waals surface area contributed by atoms with Gasteiger partial charge < -0.3 is 10.2 Å². The molecule has 0 amide bonds. The van der Waals surface area contributed by atoms with Crippen molar-refractivity contribution in [2.45, 2.75) is 13.5 Å². The minimum absolute atomic E-state index is 0.221. The summed E-state index contributed by atoms with van der Waals surface area (Å²) >= 11 is 1.18. The second-order valence-electron chi connectivity index (χ2n) is 4.93. The topological polar surface area (TPSA) is 97.3 Å². The molecule has 2 N–H and O–H groups in total. The molecule has 0 radical (unpaired) electrons. The summed E-state index contributed by atoms with van der Waals surface area (Å²) in [4.78, 5) is 23.7. The molecule has 0 saturated heterocycles.